The maximum atomic E-state index is 13.9. The minimum Gasteiger partial charge on any atom is -0.497 e. The number of methoxy groups -OCH3 is 1. The minimum atomic E-state index is -0.941. The number of anilines is 1. The molecule has 2 aromatic rings. The number of amides is 3. The second kappa shape index (κ2) is 15.7. The molecule has 0 aliphatic heterocycles. The van der Waals surface area contributed by atoms with Gasteiger partial charge in [0.05, 0.1) is 7.11 Å². The average molecular weight is 552 g/mol. The van der Waals surface area contributed by atoms with E-state index < -0.39 is 23.8 Å². The van der Waals surface area contributed by atoms with Crippen LogP contribution >= 0.6 is 0 Å². The Hall–Kier alpha value is -3.81. The van der Waals surface area contributed by atoms with Crippen LogP contribution in [0.1, 0.15) is 83.9 Å². The number of unbranched alkanes of at least 4 members (excludes halogenated alkanes) is 4. The molecule has 2 rings (SSSR count). The van der Waals surface area contributed by atoms with Gasteiger partial charge in [0, 0.05) is 12.2 Å². The van der Waals surface area contributed by atoms with Crippen LogP contribution in [-0.2, 0) is 14.3 Å². The van der Waals surface area contributed by atoms with Gasteiger partial charge in [-0.05, 0) is 75.6 Å². The van der Waals surface area contributed by atoms with Crippen LogP contribution in [0, 0.1) is 0 Å². The van der Waals surface area contributed by atoms with Gasteiger partial charge >= 0.3 is 6.09 Å². The van der Waals surface area contributed by atoms with Gasteiger partial charge in [-0.1, -0.05) is 63.5 Å². The zero-order chi connectivity index (χ0) is 29.7. The monoisotopic (exact) mass is 551 g/mol. The van der Waals surface area contributed by atoms with Crippen LogP contribution in [-0.4, -0.2) is 48.1 Å². The first-order chi connectivity index (χ1) is 19.0. The normalized spacial score (nSPS) is 12.6. The number of hydrogen-bond acceptors (Lipinski definition) is 5. The van der Waals surface area contributed by atoms with Crippen LogP contribution in [0.5, 0.6) is 5.75 Å². The molecular weight excluding hydrogens is 506 g/mol. The van der Waals surface area contributed by atoms with Gasteiger partial charge in [-0.2, -0.15) is 0 Å². The van der Waals surface area contributed by atoms with Crippen molar-refractivity contribution in [3.63, 3.8) is 0 Å². The van der Waals surface area contributed by atoms with Crippen molar-refractivity contribution in [2.24, 2.45) is 0 Å². The first kappa shape index (κ1) is 32.4. The molecule has 2 unspecified atom stereocenters. The Bertz CT molecular complexity index is 1120. The van der Waals surface area contributed by atoms with Gasteiger partial charge < -0.3 is 25.0 Å². The number of hydrogen-bond donors (Lipinski definition) is 2. The standard InChI is InChI=1S/C32H45N3O5/c1-8-10-11-12-13-21-35(30(37)23(3)33-31(38)40-32(4,5)6)28(25-16-14-15-24(9-2)22-25)29(36)34-26-17-19-27(39-7)20-18-26/h9,14-20,22-23,28H,2,8,10-13,21H2,1,3-7H3,(H,33,38)(H,34,36). The lowest BCUT2D eigenvalue weighted by Crippen LogP contribution is -2.51. The van der Waals surface area contributed by atoms with Crippen molar-refractivity contribution >= 4 is 29.7 Å². The molecule has 0 aromatic heterocycles. The van der Waals surface area contributed by atoms with Gasteiger partial charge in [-0.15, -0.1) is 0 Å². The second-order valence-corrected chi connectivity index (χ2v) is 10.8. The molecule has 0 heterocycles. The van der Waals surface area contributed by atoms with E-state index in [9.17, 15) is 14.4 Å². The molecular formula is C32H45N3O5. The first-order valence-electron chi connectivity index (χ1n) is 14.0. The van der Waals surface area contributed by atoms with E-state index in [0.717, 1.165) is 37.7 Å². The van der Waals surface area contributed by atoms with Crippen molar-refractivity contribution < 1.29 is 23.9 Å². The van der Waals surface area contributed by atoms with Crippen molar-refractivity contribution in [2.75, 3.05) is 19.0 Å². The summed E-state index contributed by atoms with van der Waals surface area (Å²) in [6.45, 7) is 13.2. The highest BCUT2D eigenvalue weighted by molar-refractivity contribution is 5.99. The number of nitrogens with one attached hydrogen (secondary N) is 2. The smallest absolute Gasteiger partial charge is 0.408 e. The largest absolute Gasteiger partial charge is 0.497 e. The Morgan fingerprint density at radius 3 is 2.30 bits per heavy atom. The fraction of sp³-hybridized carbons (Fsp3) is 0.469. The molecule has 3 amide bonds. The van der Waals surface area contributed by atoms with E-state index in [4.69, 9.17) is 9.47 Å². The van der Waals surface area contributed by atoms with Crippen LogP contribution in [0.15, 0.2) is 55.1 Å². The Balaban J connectivity index is 2.44. The van der Waals surface area contributed by atoms with Gasteiger partial charge in [0.2, 0.25) is 5.91 Å². The summed E-state index contributed by atoms with van der Waals surface area (Å²) < 4.78 is 10.6. The minimum absolute atomic E-state index is 0.349. The van der Waals surface area contributed by atoms with Crippen molar-refractivity contribution in [3.05, 3.63) is 66.2 Å². The maximum Gasteiger partial charge on any atom is 0.408 e. The quantitative estimate of drug-likeness (QED) is 0.254. The van der Waals surface area contributed by atoms with E-state index >= 15 is 0 Å². The van der Waals surface area contributed by atoms with Gasteiger partial charge in [-0.3, -0.25) is 9.59 Å². The first-order valence-corrected chi connectivity index (χ1v) is 14.0. The highest BCUT2D eigenvalue weighted by Crippen LogP contribution is 2.27. The maximum absolute atomic E-state index is 13.9. The average Bonchev–Trinajstić information content (AvgIpc) is 2.91. The van der Waals surface area contributed by atoms with Crippen LogP contribution in [0.2, 0.25) is 0 Å². The van der Waals surface area contributed by atoms with Crippen molar-refractivity contribution in [3.8, 4) is 5.75 Å². The molecule has 2 aromatic carbocycles. The summed E-state index contributed by atoms with van der Waals surface area (Å²) in [6, 6.07) is 12.6. The number of carbonyl (C=O) groups is 3. The van der Waals surface area contributed by atoms with E-state index in [2.05, 4.69) is 24.1 Å². The number of ether oxygens (including phenoxy) is 2. The van der Waals surface area contributed by atoms with E-state index in [1.165, 1.54) is 0 Å². The third-order valence-corrected chi connectivity index (χ3v) is 6.27. The second-order valence-electron chi connectivity index (χ2n) is 10.8. The number of nitrogens with zero attached hydrogens (tertiary/aromatic N) is 1. The third kappa shape index (κ3) is 10.4. The van der Waals surface area contributed by atoms with Crippen molar-refractivity contribution in [1.82, 2.24) is 10.2 Å². The molecule has 0 fully saturated rings. The molecule has 40 heavy (non-hydrogen) atoms. The lowest BCUT2D eigenvalue weighted by Gasteiger charge is -2.34. The molecule has 2 atom stereocenters. The molecule has 0 aliphatic rings. The number of alkyl carbamates (subject to hydrolysis) is 1. The van der Waals surface area contributed by atoms with Crippen LogP contribution < -0.4 is 15.4 Å². The van der Waals surface area contributed by atoms with E-state index in [1.54, 1.807) is 70.0 Å². The summed E-state index contributed by atoms with van der Waals surface area (Å²) in [5.74, 6) is -0.0721. The molecule has 0 spiro atoms. The lowest BCUT2D eigenvalue weighted by atomic mass is 9.99. The molecule has 218 valence electrons. The van der Waals surface area contributed by atoms with Crippen molar-refractivity contribution in [1.29, 1.82) is 0 Å². The predicted molar refractivity (Wildman–Crippen MR) is 160 cm³/mol. The van der Waals surface area contributed by atoms with Gasteiger partial charge in [0.25, 0.3) is 5.91 Å². The summed E-state index contributed by atoms with van der Waals surface area (Å²) in [4.78, 5) is 41.9. The Kier molecular flexibility index (Phi) is 12.7. The summed E-state index contributed by atoms with van der Waals surface area (Å²) in [5, 5.41) is 5.60. The Morgan fingerprint density at radius 2 is 1.70 bits per heavy atom. The molecule has 8 nitrogen and oxygen atoms in total. The van der Waals surface area contributed by atoms with Crippen LogP contribution in [0.4, 0.5) is 10.5 Å². The molecule has 0 saturated heterocycles. The summed E-state index contributed by atoms with van der Waals surface area (Å²) >= 11 is 0. The highest BCUT2D eigenvalue weighted by atomic mass is 16.6. The Morgan fingerprint density at radius 1 is 1.02 bits per heavy atom. The predicted octanol–water partition coefficient (Wildman–Crippen LogP) is 6.73. The number of rotatable bonds is 14. The lowest BCUT2D eigenvalue weighted by molar-refractivity contribution is -0.140. The zero-order valence-corrected chi connectivity index (χ0v) is 24.8. The number of carbonyl (C=O) groups excluding carboxylic acids is 3. The van der Waals surface area contributed by atoms with Crippen LogP contribution in [0.3, 0.4) is 0 Å². The summed E-state index contributed by atoms with van der Waals surface area (Å²) in [7, 11) is 1.58. The zero-order valence-electron chi connectivity index (χ0n) is 24.8. The van der Waals surface area contributed by atoms with E-state index in [1.807, 2.05) is 24.3 Å². The fourth-order valence-electron chi connectivity index (χ4n) is 4.26. The van der Waals surface area contributed by atoms with Crippen molar-refractivity contribution in [2.45, 2.75) is 84.4 Å². The topological polar surface area (TPSA) is 97.0 Å². The summed E-state index contributed by atoms with van der Waals surface area (Å²) in [6.07, 6.45) is 5.89. The fourth-order valence-corrected chi connectivity index (χ4v) is 4.26. The van der Waals surface area contributed by atoms with Crippen LogP contribution in [0.25, 0.3) is 6.08 Å². The summed E-state index contributed by atoms with van der Waals surface area (Å²) in [5.41, 5.74) is 1.34. The van der Waals surface area contributed by atoms with E-state index in [-0.39, 0.29) is 11.8 Å². The molecule has 2 N–H and O–H groups in total. The van der Waals surface area contributed by atoms with E-state index in [0.29, 0.717) is 23.5 Å². The SMILES string of the molecule is C=Cc1cccc(C(C(=O)Nc2ccc(OC)cc2)N(CCCCCCC)C(=O)C(C)NC(=O)OC(C)(C)C)c1. The van der Waals surface area contributed by atoms with Gasteiger partial charge in [-0.25, -0.2) is 4.79 Å². The molecule has 0 bridgehead atoms. The molecule has 0 radical (unpaired) electrons. The molecule has 8 heteroatoms. The molecule has 0 aliphatic carbocycles. The van der Waals surface area contributed by atoms with Gasteiger partial charge in [0.15, 0.2) is 0 Å². The third-order valence-electron chi connectivity index (χ3n) is 6.27. The van der Waals surface area contributed by atoms with Gasteiger partial charge in [0.1, 0.15) is 23.4 Å². The Labute approximate surface area is 239 Å². The highest BCUT2D eigenvalue weighted by Gasteiger charge is 2.34. The number of benzene rings is 2. The molecule has 0 saturated carbocycles.